The second kappa shape index (κ2) is 7.85. The maximum Gasteiger partial charge on any atom is 0.227 e. The van der Waals surface area contributed by atoms with Gasteiger partial charge in [-0.05, 0) is 66.4 Å². The Morgan fingerprint density at radius 3 is 2.43 bits per heavy atom. The highest BCUT2D eigenvalue weighted by Crippen LogP contribution is 2.29. The molecule has 0 fully saturated rings. The van der Waals surface area contributed by atoms with Gasteiger partial charge in [-0.1, -0.05) is 37.6 Å². The number of halogens is 1. The maximum absolute atomic E-state index is 14.3. The first kappa shape index (κ1) is 18.2. The molecule has 4 aromatic rings. The summed E-state index contributed by atoms with van der Waals surface area (Å²) in [6.07, 6.45) is 1.93. The molecule has 0 atom stereocenters. The number of oxazole rings is 1. The number of fused-ring (bicyclic) bond motifs is 1. The lowest BCUT2D eigenvalue weighted by Crippen LogP contribution is -1.98. The van der Waals surface area contributed by atoms with Crippen molar-refractivity contribution < 1.29 is 13.5 Å². The quantitative estimate of drug-likeness (QED) is 0.348. The second-order valence-electron chi connectivity index (χ2n) is 6.91. The van der Waals surface area contributed by atoms with Gasteiger partial charge in [0, 0.05) is 5.56 Å². The van der Waals surface area contributed by atoms with Crippen LogP contribution in [-0.2, 0) is 0 Å². The number of unbranched alkanes of at least 4 members (excludes halogenated alkanes) is 1. The van der Waals surface area contributed by atoms with Gasteiger partial charge < -0.3 is 9.15 Å². The van der Waals surface area contributed by atoms with Crippen LogP contribution in [0.4, 0.5) is 4.39 Å². The van der Waals surface area contributed by atoms with Crippen molar-refractivity contribution in [1.82, 2.24) is 4.98 Å². The minimum Gasteiger partial charge on any atom is -0.491 e. The largest absolute Gasteiger partial charge is 0.491 e. The Labute approximate surface area is 163 Å². The molecule has 0 unspecified atom stereocenters. The van der Waals surface area contributed by atoms with E-state index in [1.165, 1.54) is 6.07 Å². The van der Waals surface area contributed by atoms with Gasteiger partial charge in [-0.15, -0.1) is 0 Å². The van der Waals surface area contributed by atoms with E-state index in [0.717, 1.165) is 46.2 Å². The van der Waals surface area contributed by atoms with Crippen LogP contribution in [0.15, 0.2) is 65.1 Å². The molecular formula is C24H22FNO2. The number of aryl methyl sites for hydroxylation is 1. The SMILES string of the molecule is CCCCOc1ccc(-c2ccc(-c3nc4cc(C)ccc4o3)cc2)cc1F. The number of rotatable bonds is 6. The van der Waals surface area contributed by atoms with Crippen LogP contribution in [0.1, 0.15) is 25.3 Å². The average Bonchev–Trinajstić information content (AvgIpc) is 3.12. The second-order valence-corrected chi connectivity index (χ2v) is 6.91. The lowest BCUT2D eigenvalue weighted by atomic mass is 10.0. The molecule has 0 aliphatic rings. The molecule has 28 heavy (non-hydrogen) atoms. The van der Waals surface area contributed by atoms with Crippen LogP contribution in [0.5, 0.6) is 5.75 Å². The number of nitrogens with zero attached hydrogens (tertiary/aromatic N) is 1. The molecule has 0 bridgehead atoms. The lowest BCUT2D eigenvalue weighted by Gasteiger charge is -2.08. The van der Waals surface area contributed by atoms with Gasteiger partial charge in [0.2, 0.25) is 5.89 Å². The average molecular weight is 375 g/mol. The minimum atomic E-state index is -0.341. The molecule has 0 spiro atoms. The Morgan fingerprint density at radius 1 is 0.929 bits per heavy atom. The fraction of sp³-hybridized carbons (Fsp3) is 0.208. The molecule has 0 aliphatic carbocycles. The van der Waals surface area contributed by atoms with Crippen LogP contribution in [-0.4, -0.2) is 11.6 Å². The van der Waals surface area contributed by atoms with Gasteiger partial charge in [-0.25, -0.2) is 9.37 Å². The number of hydrogen-bond donors (Lipinski definition) is 0. The molecule has 0 saturated carbocycles. The minimum absolute atomic E-state index is 0.301. The molecule has 0 amide bonds. The monoisotopic (exact) mass is 375 g/mol. The highest BCUT2D eigenvalue weighted by atomic mass is 19.1. The van der Waals surface area contributed by atoms with Gasteiger partial charge in [0.1, 0.15) is 5.52 Å². The summed E-state index contributed by atoms with van der Waals surface area (Å²) in [5, 5.41) is 0. The third-order valence-corrected chi connectivity index (χ3v) is 4.70. The summed E-state index contributed by atoms with van der Waals surface area (Å²) < 4.78 is 25.6. The van der Waals surface area contributed by atoms with Crippen molar-refractivity contribution in [2.45, 2.75) is 26.7 Å². The van der Waals surface area contributed by atoms with E-state index in [4.69, 9.17) is 9.15 Å². The van der Waals surface area contributed by atoms with E-state index >= 15 is 0 Å². The molecule has 3 aromatic carbocycles. The van der Waals surface area contributed by atoms with Crippen LogP contribution < -0.4 is 4.74 Å². The first-order valence-corrected chi connectivity index (χ1v) is 9.54. The van der Waals surface area contributed by atoms with Crippen LogP contribution in [0.2, 0.25) is 0 Å². The predicted molar refractivity (Wildman–Crippen MR) is 110 cm³/mol. The molecule has 0 N–H and O–H groups in total. The van der Waals surface area contributed by atoms with Crippen molar-refractivity contribution in [3.8, 4) is 28.3 Å². The number of aromatic nitrogens is 1. The van der Waals surface area contributed by atoms with Crippen molar-refractivity contribution in [3.05, 3.63) is 72.0 Å². The van der Waals surface area contributed by atoms with E-state index in [1.54, 1.807) is 6.07 Å². The van der Waals surface area contributed by atoms with E-state index in [2.05, 4.69) is 11.9 Å². The summed E-state index contributed by atoms with van der Waals surface area (Å²) in [7, 11) is 0. The Bertz CT molecular complexity index is 1100. The van der Waals surface area contributed by atoms with Gasteiger partial charge in [0.15, 0.2) is 17.1 Å². The molecule has 1 aromatic heterocycles. The summed E-state index contributed by atoms with van der Waals surface area (Å²) in [4.78, 5) is 4.56. The number of benzene rings is 3. The lowest BCUT2D eigenvalue weighted by molar-refractivity contribution is 0.294. The highest BCUT2D eigenvalue weighted by molar-refractivity contribution is 5.77. The summed E-state index contributed by atoms with van der Waals surface area (Å²) in [6, 6.07) is 18.8. The van der Waals surface area contributed by atoms with Crippen molar-refractivity contribution in [1.29, 1.82) is 0 Å². The van der Waals surface area contributed by atoms with Crippen molar-refractivity contribution in [3.63, 3.8) is 0 Å². The molecule has 4 heteroatoms. The Balaban J connectivity index is 1.56. The fourth-order valence-electron chi connectivity index (χ4n) is 3.09. The maximum atomic E-state index is 14.3. The predicted octanol–water partition coefficient (Wildman–Crippen LogP) is 6.79. The Kier molecular flexibility index (Phi) is 5.11. The number of ether oxygens (including phenoxy) is 1. The van der Waals surface area contributed by atoms with Crippen LogP contribution in [0, 0.1) is 12.7 Å². The zero-order chi connectivity index (χ0) is 19.5. The van der Waals surface area contributed by atoms with Crippen LogP contribution in [0.25, 0.3) is 33.7 Å². The molecule has 0 saturated heterocycles. The zero-order valence-corrected chi connectivity index (χ0v) is 16.0. The highest BCUT2D eigenvalue weighted by Gasteiger charge is 2.10. The van der Waals surface area contributed by atoms with E-state index in [0.29, 0.717) is 18.2 Å². The van der Waals surface area contributed by atoms with Gasteiger partial charge in [-0.2, -0.15) is 0 Å². The van der Waals surface area contributed by atoms with Crippen molar-refractivity contribution in [2.24, 2.45) is 0 Å². The molecule has 3 nitrogen and oxygen atoms in total. The third-order valence-electron chi connectivity index (χ3n) is 4.70. The summed E-state index contributed by atoms with van der Waals surface area (Å²) in [5.41, 5.74) is 5.38. The van der Waals surface area contributed by atoms with E-state index in [-0.39, 0.29) is 5.82 Å². The van der Waals surface area contributed by atoms with E-state index in [9.17, 15) is 4.39 Å². The Morgan fingerprint density at radius 2 is 1.68 bits per heavy atom. The topological polar surface area (TPSA) is 35.3 Å². The molecule has 0 aliphatic heterocycles. The van der Waals surface area contributed by atoms with Crippen LogP contribution >= 0.6 is 0 Å². The summed E-state index contributed by atoms with van der Waals surface area (Å²) in [6.45, 7) is 4.64. The first-order valence-electron chi connectivity index (χ1n) is 9.54. The fourth-order valence-corrected chi connectivity index (χ4v) is 3.09. The third kappa shape index (κ3) is 3.77. The molecule has 142 valence electrons. The van der Waals surface area contributed by atoms with E-state index < -0.39 is 0 Å². The van der Waals surface area contributed by atoms with Gasteiger partial charge >= 0.3 is 0 Å². The first-order chi connectivity index (χ1) is 13.6. The molecule has 0 radical (unpaired) electrons. The number of hydrogen-bond acceptors (Lipinski definition) is 3. The van der Waals surface area contributed by atoms with Gasteiger partial charge in [0.25, 0.3) is 0 Å². The summed E-state index contributed by atoms with van der Waals surface area (Å²) >= 11 is 0. The van der Waals surface area contributed by atoms with Crippen molar-refractivity contribution >= 4 is 11.1 Å². The van der Waals surface area contributed by atoms with Gasteiger partial charge in [0.05, 0.1) is 6.61 Å². The Hall–Kier alpha value is -3.14. The zero-order valence-electron chi connectivity index (χ0n) is 16.0. The normalized spacial score (nSPS) is 11.1. The molecule has 4 rings (SSSR count). The standard InChI is InChI=1S/C24H22FNO2/c1-3-4-13-27-22-12-10-19(15-20(22)25)17-6-8-18(9-7-17)24-26-21-14-16(2)5-11-23(21)28-24/h5-12,14-15H,3-4,13H2,1-2H3. The molecule has 1 heterocycles. The summed E-state index contributed by atoms with van der Waals surface area (Å²) in [5.74, 6) is 0.542. The smallest absolute Gasteiger partial charge is 0.227 e. The van der Waals surface area contributed by atoms with Gasteiger partial charge in [-0.3, -0.25) is 0 Å². The van der Waals surface area contributed by atoms with E-state index in [1.807, 2.05) is 55.5 Å². The molecular weight excluding hydrogens is 353 g/mol. The van der Waals surface area contributed by atoms with Crippen LogP contribution in [0.3, 0.4) is 0 Å². The van der Waals surface area contributed by atoms with Crippen molar-refractivity contribution in [2.75, 3.05) is 6.61 Å².